The highest BCUT2D eigenvalue weighted by Crippen LogP contribution is 2.18. The molecule has 0 unspecified atom stereocenters. The van der Waals surface area contributed by atoms with Gasteiger partial charge in [0.05, 0.1) is 0 Å². The molecule has 0 radical (unpaired) electrons. The van der Waals surface area contributed by atoms with E-state index in [2.05, 4.69) is 25.3 Å². The average Bonchev–Trinajstić information content (AvgIpc) is 2.20. The summed E-state index contributed by atoms with van der Waals surface area (Å²) < 4.78 is 11.7. The molecular formula is C11H25NO2Si. The van der Waals surface area contributed by atoms with Crippen LogP contribution in [0.5, 0.6) is 0 Å². The Morgan fingerprint density at radius 3 is 1.87 bits per heavy atom. The van der Waals surface area contributed by atoms with Gasteiger partial charge in [0.1, 0.15) is 9.52 Å². The summed E-state index contributed by atoms with van der Waals surface area (Å²) in [6, 6.07) is 0. The molecule has 0 aliphatic carbocycles. The fourth-order valence-electron chi connectivity index (χ4n) is 1.81. The Labute approximate surface area is 96.3 Å². The van der Waals surface area contributed by atoms with Crippen molar-refractivity contribution in [3.8, 4) is 0 Å². The Bertz CT molecular complexity index is 166. The van der Waals surface area contributed by atoms with Gasteiger partial charge >= 0.3 is 0 Å². The summed E-state index contributed by atoms with van der Waals surface area (Å²) in [5.41, 5.74) is 1.51. The molecule has 0 saturated heterocycles. The third-order valence-electron chi connectivity index (χ3n) is 2.39. The summed E-state index contributed by atoms with van der Waals surface area (Å²) in [4.78, 5) is 2.24. The van der Waals surface area contributed by atoms with Crippen LogP contribution in [-0.2, 0) is 9.47 Å². The van der Waals surface area contributed by atoms with E-state index in [0.717, 1.165) is 13.1 Å². The van der Waals surface area contributed by atoms with Gasteiger partial charge in [-0.2, -0.15) is 0 Å². The zero-order valence-corrected chi connectivity index (χ0v) is 12.0. The quantitative estimate of drug-likeness (QED) is 0.441. The zero-order valence-electron chi connectivity index (χ0n) is 10.6. The van der Waals surface area contributed by atoms with Crippen LogP contribution in [0.4, 0.5) is 0 Å². The lowest BCUT2D eigenvalue weighted by Crippen LogP contribution is -2.57. The Balaban J connectivity index is 4.79. The maximum Gasteiger partial charge on any atom is 0.204 e. The molecule has 0 aromatic heterocycles. The van der Waals surface area contributed by atoms with Gasteiger partial charge in [0.15, 0.2) is 0 Å². The minimum atomic E-state index is -0.617. The average molecular weight is 231 g/mol. The second-order valence-corrected chi connectivity index (χ2v) is 5.12. The maximum atomic E-state index is 5.85. The first kappa shape index (κ1) is 14.8. The van der Waals surface area contributed by atoms with Crippen LogP contribution in [0.25, 0.3) is 0 Å². The molecule has 4 heteroatoms. The monoisotopic (exact) mass is 231 g/mol. The topological polar surface area (TPSA) is 21.7 Å². The molecule has 0 saturated carbocycles. The van der Waals surface area contributed by atoms with Gasteiger partial charge in [0.25, 0.3) is 0 Å². The molecular weight excluding hydrogens is 206 g/mol. The van der Waals surface area contributed by atoms with Gasteiger partial charge in [-0.3, -0.25) is 4.90 Å². The molecule has 0 heterocycles. The third kappa shape index (κ3) is 4.07. The van der Waals surface area contributed by atoms with Crippen LogP contribution >= 0.6 is 0 Å². The molecule has 0 rings (SSSR count). The van der Waals surface area contributed by atoms with E-state index in [1.165, 1.54) is 0 Å². The van der Waals surface area contributed by atoms with E-state index >= 15 is 0 Å². The van der Waals surface area contributed by atoms with Gasteiger partial charge < -0.3 is 9.47 Å². The number of nitrogens with zero attached hydrogens (tertiary/aromatic N) is 1. The van der Waals surface area contributed by atoms with E-state index in [0.29, 0.717) is 13.2 Å². The standard InChI is InChI=1S/C11H25NO2Si/c1-6-12(7-2)11(13-8-3,14-9-4)15-10-5/h10H,5-9,15H2,1-4H3. The fraction of sp³-hybridized carbons (Fsp3) is 0.818. The summed E-state index contributed by atoms with van der Waals surface area (Å²) in [6.07, 6.45) is 0. The van der Waals surface area contributed by atoms with E-state index in [1.807, 2.05) is 19.5 Å². The van der Waals surface area contributed by atoms with Crippen molar-refractivity contribution in [1.82, 2.24) is 4.90 Å². The Morgan fingerprint density at radius 2 is 1.60 bits per heavy atom. The third-order valence-corrected chi connectivity index (χ3v) is 4.05. The molecule has 15 heavy (non-hydrogen) atoms. The predicted octanol–water partition coefficient (Wildman–Crippen LogP) is 1.32. The molecule has 0 atom stereocenters. The summed E-state index contributed by atoms with van der Waals surface area (Å²) in [5.74, 6) is 0. The van der Waals surface area contributed by atoms with Crippen LogP contribution in [0.3, 0.4) is 0 Å². The van der Waals surface area contributed by atoms with E-state index in [1.54, 1.807) is 0 Å². The summed E-state index contributed by atoms with van der Waals surface area (Å²) >= 11 is 0. The Hall–Kier alpha value is -0.163. The van der Waals surface area contributed by atoms with Crippen LogP contribution in [0.15, 0.2) is 12.3 Å². The van der Waals surface area contributed by atoms with E-state index in [9.17, 15) is 0 Å². The van der Waals surface area contributed by atoms with Gasteiger partial charge in [0, 0.05) is 13.2 Å². The van der Waals surface area contributed by atoms with Crippen LogP contribution in [0.1, 0.15) is 27.7 Å². The van der Waals surface area contributed by atoms with Crippen molar-refractivity contribution >= 4 is 9.52 Å². The smallest absolute Gasteiger partial charge is 0.204 e. The van der Waals surface area contributed by atoms with E-state index < -0.39 is 15.1 Å². The molecule has 0 aromatic rings. The van der Waals surface area contributed by atoms with Gasteiger partial charge in [0.2, 0.25) is 5.53 Å². The van der Waals surface area contributed by atoms with E-state index in [-0.39, 0.29) is 0 Å². The van der Waals surface area contributed by atoms with Crippen molar-refractivity contribution in [2.75, 3.05) is 26.3 Å². The van der Waals surface area contributed by atoms with Crippen molar-refractivity contribution in [1.29, 1.82) is 0 Å². The van der Waals surface area contributed by atoms with E-state index in [4.69, 9.17) is 9.47 Å². The summed E-state index contributed by atoms with van der Waals surface area (Å²) in [5, 5.41) is 0. The van der Waals surface area contributed by atoms with Crippen molar-refractivity contribution in [2.45, 2.75) is 33.2 Å². The lowest BCUT2D eigenvalue weighted by atomic mass is 10.5. The molecule has 90 valence electrons. The highest BCUT2D eigenvalue weighted by atomic mass is 28.2. The summed E-state index contributed by atoms with van der Waals surface area (Å²) in [7, 11) is -0.617. The molecule has 0 N–H and O–H groups in total. The second kappa shape index (κ2) is 8.04. The maximum absolute atomic E-state index is 5.85. The summed E-state index contributed by atoms with van der Waals surface area (Å²) in [6.45, 7) is 15.4. The molecule has 0 amide bonds. The van der Waals surface area contributed by atoms with Crippen LogP contribution in [0, 0.1) is 0 Å². The van der Waals surface area contributed by atoms with Crippen LogP contribution in [-0.4, -0.2) is 46.3 Å². The van der Waals surface area contributed by atoms with Gasteiger partial charge in [-0.1, -0.05) is 13.8 Å². The fourth-order valence-corrected chi connectivity index (χ4v) is 3.52. The number of ether oxygens (including phenoxy) is 2. The SMILES string of the molecule is C=C[SiH2]C(OCC)(OCC)N(CC)CC. The minimum absolute atomic E-state index is 0.477. The number of rotatable bonds is 9. The van der Waals surface area contributed by atoms with Gasteiger partial charge in [-0.05, 0) is 26.9 Å². The number of hydrogen-bond acceptors (Lipinski definition) is 3. The largest absolute Gasteiger partial charge is 0.341 e. The van der Waals surface area contributed by atoms with Crippen molar-refractivity contribution in [3.05, 3.63) is 12.3 Å². The lowest BCUT2D eigenvalue weighted by molar-refractivity contribution is -0.257. The molecule has 0 aromatic carbocycles. The zero-order chi connectivity index (χ0) is 11.7. The van der Waals surface area contributed by atoms with Crippen molar-refractivity contribution < 1.29 is 9.47 Å². The van der Waals surface area contributed by atoms with Crippen molar-refractivity contribution in [3.63, 3.8) is 0 Å². The molecule has 0 bridgehead atoms. The lowest BCUT2D eigenvalue weighted by Gasteiger charge is -2.41. The first-order valence-electron chi connectivity index (χ1n) is 5.84. The molecule has 0 spiro atoms. The first-order valence-corrected chi connectivity index (χ1v) is 7.36. The van der Waals surface area contributed by atoms with Crippen molar-refractivity contribution in [2.24, 2.45) is 0 Å². The minimum Gasteiger partial charge on any atom is -0.341 e. The molecule has 3 nitrogen and oxygen atoms in total. The van der Waals surface area contributed by atoms with Crippen LogP contribution in [0.2, 0.25) is 0 Å². The van der Waals surface area contributed by atoms with Gasteiger partial charge in [-0.15, -0.1) is 12.3 Å². The normalized spacial score (nSPS) is 12.9. The van der Waals surface area contributed by atoms with Crippen LogP contribution < -0.4 is 0 Å². The molecule has 0 aliphatic rings. The van der Waals surface area contributed by atoms with Gasteiger partial charge in [-0.25, -0.2) is 0 Å². The Morgan fingerprint density at radius 1 is 1.13 bits per heavy atom. The highest BCUT2D eigenvalue weighted by molar-refractivity contribution is 6.44. The molecule has 0 aliphatic heterocycles. The predicted molar refractivity (Wildman–Crippen MR) is 67.6 cm³/mol. The first-order chi connectivity index (χ1) is 7.20. The Kier molecular flexibility index (Phi) is 7.96. The number of hydrogen-bond donors (Lipinski definition) is 0. The highest BCUT2D eigenvalue weighted by Gasteiger charge is 2.35. The molecule has 0 fully saturated rings. The second-order valence-electron chi connectivity index (χ2n) is 3.24.